The van der Waals surface area contributed by atoms with Crippen molar-refractivity contribution in [2.45, 2.75) is 0 Å². The minimum Gasteiger partial charge on any atom is -0.489 e. The highest BCUT2D eigenvalue weighted by atomic mass is 19.1. The average Bonchev–Trinajstić information content (AvgIpc) is 2.45. The molecule has 102 valence electrons. The van der Waals surface area contributed by atoms with E-state index >= 15 is 0 Å². The van der Waals surface area contributed by atoms with E-state index in [1.807, 2.05) is 0 Å². The van der Waals surface area contributed by atoms with E-state index in [-0.39, 0.29) is 23.7 Å². The summed E-state index contributed by atoms with van der Waals surface area (Å²) in [6.45, 7) is 3.75. The lowest BCUT2D eigenvalue weighted by Gasteiger charge is -2.09. The van der Waals surface area contributed by atoms with E-state index < -0.39 is 5.97 Å². The molecule has 0 radical (unpaired) electrons. The summed E-state index contributed by atoms with van der Waals surface area (Å²) in [5.74, 6) is -1.13. The van der Waals surface area contributed by atoms with Crippen molar-refractivity contribution in [2.75, 3.05) is 6.61 Å². The van der Waals surface area contributed by atoms with Crippen LogP contribution in [0.1, 0.15) is 10.4 Å². The number of ether oxygens (including phenoxy) is 1. The van der Waals surface area contributed by atoms with Crippen LogP contribution in [-0.4, -0.2) is 17.7 Å². The maximum atomic E-state index is 12.9. The van der Waals surface area contributed by atoms with Gasteiger partial charge in [-0.15, -0.1) is 0 Å². The molecular formula is C16H13FO3. The number of hydrogen-bond donors (Lipinski definition) is 1. The molecule has 0 aliphatic carbocycles. The van der Waals surface area contributed by atoms with Crippen molar-refractivity contribution in [2.24, 2.45) is 0 Å². The molecule has 3 nitrogen and oxygen atoms in total. The van der Waals surface area contributed by atoms with Crippen molar-refractivity contribution in [1.29, 1.82) is 0 Å². The number of carboxylic acid groups (broad SMARTS) is 1. The highest BCUT2D eigenvalue weighted by Gasteiger charge is 2.12. The lowest BCUT2D eigenvalue weighted by molar-refractivity contribution is 0.0693. The van der Waals surface area contributed by atoms with Gasteiger partial charge in [-0.1, -0.05) is 30.9 Å². The number of hydrogen-bond acceptors (Lipinski definition) is 2. The van der Waals surface area contributed by atoms with Gasteiger partial charge in [-0.05, 0) is 35.4 Å². The summed E-state index contributed by atoms with van der Waals surface area (Å²) in [5.41, 5.74) is 1.49. The summed E-state index contributed by atoms with van der Waals surface area (Å²) in [7, 11) is 0. The molecule has 0 saturated carbocycles. The van der Waals surface area contributed by atoms with Gasteiger partial charge in [0.1, 0.15) is 23.7 Å². The summed E-state index contributed by atoms with van der Waals surface area (Å²) < 4.78 is 18.2. The van der Waals surface area contributed by atoms with Crippen LogP contribution < -0.4 is 4.74 Å². The van der Waals surface area contributed by atoms with Crippen LogP contribution >= 0.6 is 0 Å². The molecule has 0 unspecified atom stereocenters. The zero-order valence-electron chi connectivity index (χ0n) is 10.7. The van der Waals surface area contributed by atoms with Crippen LogP contribution in [0.15, 0.2) is 55.1 Å². The van der Waals surface area contributed by atoms with Gasteiger partial charge in [-0.25, -0.2) is 9.18 Å². The van der Waals surface area contributed by atoms with Crippen LogP contribution in [0, 0.1) is 5.82 Å². The first-order chi connectivity index (χ1) is 9.61. The van der Waals surface area contributed by atoms with Crippen molar-refractivity contribution < 1.29 is 19.0 Å². The first-order valence-electron chi connectivity index (χ1n) is 5.99. The second kappa shape index (κ2) is 6.02. The molecule has 2 aromatic carbocycles. The first kappa shape index (κ1) is 13.8. The summed E-state index contributed by atoms with van der Waals surface area (Å²) >= 11 is 0. The zero-order chi connectivity index (χ0) is 14.5. The number of halogens is 1. The van der Waals surface area contributed by atoms with E-state index in [0.717, 1.165) is 5.56 Å². The fraction of sp³-hybridized carbons (Fsp3) is 0.0625. The SMILES string of the molecule is C=CCOc1ccc(-c2ccc(F)cc2)cc1C(=O)O. The standard InChI is InChI=1S/C16H13FO3/c1-2-9-20-15-8-5-12(10-14(15)16(18)19)11-3-6-13(17)7-4-11/h2-8,10H,1,9H2,(H,18,19). The van der Waals surface area contributed by atoms with Crippen molar-refractivity contribution in [1.82, 2.24) is 0 Å². The third-order valence-corrected chi connectivity index (χ3v) is 2.74. The predicted octanol–water partition coefficient (Wildman–Crippen LogP) is 3.76. The van der Waals surface area contributed by atoms with Gasteiger partial charge in [-0.3, -0.25) is 0 Å². The maximum Gasteiger partial charge on any atom is 0.339 e. The highest BCUT2D eigenvalue weighted by molar-refractivity contribution is 5.92. The molecule has 4 heteroatoms. The minimum absolute atomic E-state index is 0.0636. The molecule has 1 N–H and O–H groups in total. The van der Waals surface area contributed by atoms with E-state index in [1.54, 1.807) is 30.3 Å². The van der Waals surface area contributed by atoms with E-state index in [0.29, 0.717) is 5.56 Å². The van der Waals surface area contributed by atoms with Crippen molar-refractivity contribution >= 4 is 5.97 Å². The molecule has 0 spiro atoms. The summed E-state index contributed by atoms with van der Waals surface area (Å²) in [6.07, 6.45) is 1.54. The summed E-state index contributed by atoms with van der Waals surface area (Å²) in [5, 5.41) is 9.21. The van der Waals surface area contributed by atoms with Gasteiger partial charge in [0.2, 0.25) is 0 Å². The molecule has 0 aromatic heterocycles. The van der Waals surface area contributed by atoms with Gasteiger partial charge in [0.25, 0.3) is 0 Å². The Morgan fingerprint density at radius 1 is 1.20 bits per heavy atom. The number of benzene rings is 2. The third kappa shape index (κ3) is 3.03. The molecule has 0 aliphatic rings. The van der Waals surface area contributed by atoms with Crippen molar-refractivity contribution in [3.8, 4) is 16.9 Å². The number of carboxylic acids is 1. The van der Waals surface area contributed by atoms with E-state index in [4.69, 9.17) is 4.74 Å². The molecule has 20 heavy (non-hydrogen) atoms. The Balaban J connectivity index is 2.41. The second-order valence-electron chi connectivity index (χ2n) is 4.12. The van der Waals surface area contributed by atoms with Gasteiger partial charge < -0.3 is 9.84 Å². The Morgan fingerprint density at radius 2 is 1.85 bits per heavy atom. The monoisotopic (exact) mass is 272 g/mol. The molecule has 0 amide bonds. The number of rotatable bonds is 5. The highest BCUT2D eigenvalue weighted by Crippen LogP contribution is 2.27. The molecule has 0 saturated heterocycles. The van der Waals surface area contributed by atoms with E-state index in [1.165, 1.54) is 18.2 Å². The molecular weight excluding hydrogens is 259 g/mol. The Hall–Kier alpha value is -2.62. The number of carbonyl (C=O) groups is 1. The van der Waals surface area contributed by atoms with Gasteiger partial charge in [0, 0.05) is 0 Å². The zero-order valence-corrected chi connectivity index (χ0v) is 10.7. The van der Waals surface area contributed by atoms with Gasteiger partial charge in [-0.2, -0.15) is 0 Å². The third-order valence-electron chi connectivity index (χ3n) is 2.74. The quantitative estimate of drug-likeness (QED) is 0.843. The van der Waals surface area contributed by atoms with Crippen LogP contribution in [0.3, 0.4) is 0 Å². The molecule has 0 fully saturated rings. The molecule has 0 bridgehead atoms. The average molecular weight is 272 g/mol. The Morgan fingerprint density at radius 3 is 2.45 bits per heavy atom. The lowest BCUT2D eigenvalue weighted by atomic mass is 10.0. The van der Waals surface area contributed by atoms with Crippen LogP contribution in [-0.2, 0) is 0 Å². The van der Waals surface area contributed by atoms with Crippen LogP contribution in [0.5, 0.6) is 5.75 Å². The molecule has 0 aliphatic heterocycles. The Kier molecular flexibility index (Phi) is 4.15. The largest absolute Gasteiger partial charge is 0.489 e. The summed E-state index contributed by atoms with van der Waals surface area (Å²) in [6, 6.07) is 10.7. The predicted molar refractivity (Wildman–Crippen MR) is 74.5 cm³/mol. The van der Waals surface area contributed by atoms with Gasteiger partial charge >= 0.3 is 5.97 Å². The van der Waals surface area contributed by atoms with Crippen LogP contribution in [0.2, 0.25) is 0 Å². The fourth-order valence-electron chi connectivity index (χ4n) is 1.79. The van der Waals surface area contributed by atoms with Crippen LogP contribution in [0.25, 0.3) is 11.1 Å². The molecule has 0 heterocycles. The van der Waals surface area contributed by atoms with E-state index in [9.17, 15) is 14.3 Å². The summed E-state index contributed by atoms with van der Waals surface area (Å²) in [4.78, 5) is 11.3. The van der Waals surface area contributed by atoms with E-state index in [2.05, 4.69) is 6.58 Å². The van der Waals surface area contributed by atoms with Crippen molar-refractivity contribution in [3.63, 3.8) is 0 Å². The maximum absolute atomic E-state index is 12.9. The first-order valence-corrected chi connectivity index (χ1v) is 5.99. The smallest absolute Gasteiger partial charge is 0.339 e. The lowest BCUT2D eigenvalue weighted by Crippen LogP contribution is -2.03. The van der Waals surface area contributed by atoms with Gasteiger partial charge in [0.15, 0.2) is 0 Å². The van der Waals surface area contributed by atoms with Crippen LogP contribution in [0.4, 0.5) is 4.39 Å². The van der Waals surface area contributed by atoms with Gasteiger partial charge in [0.05, 0.1) is 0 Å². The Labute approximate surface area is 115 Å². The second-order valence-corrected chi connectivity index (χ2v) is 4.12. The molecule has 2 rings (SSSR count). The normalized spacial score (nSPS) is 10.1. The Bertz CT molecular complexity index is 633. The molecule has 2 aromatic rings. The number of aromatic carboxylic acids is 1. The molecule has 0 atom stereocenters. The minimum atomic E-state index is -1.08. The fourth-order valence-corrected chi connectivity index (χ4v) is 1.79. The van der Waals surface area contributed by atoms with Crippen molar-refractivity contribution in [3.05, 3.63) is 66.5 Å². The topological polar surface area (TPSA) is 46.5 Å².